The van der Waals surface area contributed by atoms with E-state index in [-0.39, 0.29) is 11.6 Å². The van der Waals surface area contributed by atoms with Crippen LogP contribution in [-0.4, -0.2) is 16.5 Å². The lowest BCUT2D eigenvalue weighted by atomic mass is 10.4. The van der Waals surface area contributed by atoms with Gasteiger partial charge in [-0.15, -0.1) is 11.3 Å². The molecule has 0 aliphatic carbocycles. The van der Waals surface area contributed by atoms with Gasteiger partial charge in [0, 0.05) is 23.7 Å². The lowest BCUT2D eigenvalue weighted by Gasteiger charge is -2.09. The molecule has 0 aromatic carbocycles. The minimum Gasteiger partial charge on any atom is -0.368 e. The highest BCUT2D eigenvalue weighted by Crippen LogP contribution is 2.19. The number of hydrogen-bond donors (Lipinski definition) is 2. The van der Waals surface area contributed by atoms with Gasteiger partial charge in [0.1, 0.15) is 0 Å². The van der Waals surface area contributed by atoms with Crippen molar-refractivity contribution in [1.29, 1.82) is 0 Å². The maximum Gasteiger partial charge on any atom is 0.168 e. The van der Waals surface area contributed by atoms with E-state index in [1.807, 2.05) is 6.92 Å². The second-order valence-corrected chi connectivity index (χ2v) is 4.47. The average Bonchev–Trinajstić information content (AvgIpc) is 2.84. The van der Waals surface area contributed by atoms with Crippen LogP contribution in [0.3, 0.4) is 0 Å². The first kappa shape index (κ1) is 12.7. The Balaban J connectivity index is 2.13. The van der Waals surface area contributed by atoms with E-state index in [0.717, 1.165) is 10.9 Å². The first-order valence-electron chi connectivity index (χ1n) is 5.42. The molecular weight excluding hydrogens is 258 g/mol. The fourth-order valence-corrected chi connectivity index (χ4v) is 1.92. The predicted octanol–water partition coefficient (Wildman–Crippen LogP) is 2.86. The number of hydrogen-bond acceptors (Lipinski definition) is 5. The van der Waals surface area contributed by atoms with Crippen LogP contribution >= 0.6 is 11.3 Å². The van der Waals surface area contributed by atoms with Gasteiger partial charge in [-0.2, -0.15) is 0 Å². The molecule has 0 unspecified atom stereocenters. The molecule has 0 fully saturated rings. The fourth-order valence-electron chi connectivity index (χ4n) is 1.38. The summed E-state index contributed by atoms with van der Waals surface area (Å²) >= 11 is 1.45. The standard InChI is InChI=1S/C11H12F2N4S/c1-2-15-10-8(12)3-9(13)11(17-10)16-5-7-4-14-6-18-7/h3-4,6H,2,5H2,1H3,(H2,15,16,17). The van der Waals surface area contributed by atoms with Gasteiger partial charge in [-0.25, -0.2) is 13.8 Å². The van der Waals surface area contributed by atoms with Crippen molar-refractivity contribution in [3.63, 3.8) is 0 Å². The fraction of sp³-hybridized carbons (Fsp3) is 0.273. The number of aromatic nitrogens is 2. The molecular formula is C11H12F2N4S. The third-order valence-corrected chi connectivity index (χ3v) is 2.97. The highest BCUT2D eigenvalue weighted by Gasteiger charge is 2.11. The van der Waals surface area contributed by atoms with Crippen molar-refractivity contribution in [1.82, 2.24) is 9.97 Å². The molecule has 0 radical (unpaired) electrons. The van der Waals surface area contributed by atoms with E-state index in [1.165, 1.54) is 11.3 Å². The predicted molar refractivity (Wildman–Crippen MR) is 67.8 cm³/mol. The molecule has 2 N–H and O–H groups in total. The van der Waals surface area contributed by atoms with Crippen LogP contribution in [-0.2, 0) is 6.54 Å². The van der Waals surface area contributed by atoms with Crippen molar-refractivity contribution in [3.05, 3.63) is 34.3 Å². The molecule has 2 heterocycles. The van der Waals surface area contributed by atoms with Crippen LogP contribution in [0.25, 0.3) is 0 Å². The number of nitrogens with zero attached hydrogens (tertiary/aromatic N) is 2. The van der Waals surface area contributed by atoms with Crippen LogP contribution < -0.4 is 10.6 Å². The minimum absolute atomic E-state index is 0.0285. The van der Waals surface area contributed by atoms with Gasteiger partial charge in [-0.1, -0.05) is 0 Å². The summed E-state index contributed by atoms with van der Waals surface area (Å²) < 4.78 is 26.8. The van der Waals surface area contributed by atoms with E-state index < -0.39 is 11.6 Å². The Bertz CT molecular complexity index is 516. The summed E-state index contributed by atoms with van der Waals surface area (Å²) in [4.78, 5) is 8.73. The molecule has 0 bridgehead atoms. The zero-order valence-corrected chi connectivity index (χ0v) is 10.5. The van der Waals surface area contributed by atoms with E-state index in [2.05, 4.69) is 20.6 Å². The molecule has 0 aliphatic rings. The van der Waals surface area contributed by atoms with Gasteiger partial charge < -0.3 is 10.6 Å². The van der Waals surface area contributed by atoms with Crippen molar-refractivity contribution < 1.29 is 8.78 Å². The molecule has 2 aromatic heterocycles. The maximum absolute atomic E-state index is 13.5. The smallest absolute Gasteiger partial charge is 0.168 e. The van der Waals surface area contributed by atoms with E-state index in [0.29, 0.717) is 13.1 Å². The summed E-state index contributed by atoms with van der Waals surface area (Å²) in [5.41, 5.74) is 1.69. The van der Waals surface area contributed by atoms with Crippen molar-refractivity contribution in [2.75, 3.05) is 17.2 Å². The molecule has 4 nitrogen and oxygen atoms in total. The van der Waals surface area contributed by atoms with Crippen molar-refractivity contribution >= 4 is 23.0 Å². The highest BCUT2D eigenvalue weighted by molar-refractivity contribution is 7.09. The molecule has 2 rings (SSSR count). The van der Waals surface area contributed by atoms with Gasteiger partial charge in [0.25, 0.3) is 0 Å². The number of anilines is 2. The van der Waals surface area contributed by atoms with Crippen LogP contribution in [0.4, 0.5) is 20.4 Å². The molecule has 2 aromatic rings. The monoisotopic (exact) mass is 270 g/mol. The Morgan fingerprint density at radius 1 is 1.22 bits per heavy atom. The second kappa shape index (κ2) is 5.72. The first-order chi connectivity index (χ1) is 8.70. The minimum atomic E-state index is -0.710. The molecule has 18 heavy (non-hydrogen) atoms. The molecule has 0 aliphatic heterocycles. The van der Waals surface area contributed by atoms with Crippen molar-refractivity contribution in [2.45, 2.75) is 13.5 Å². The average molecular weight is 270 g/mol. The molecule has 7 heteroatoms. The van der Waals surface area contributed by atoms with Gasteiger partial charge in [-0.05, 0) is 6.92 Å². The maximum atomic E-state index is 13.5. The summed E-state index contributed by atoms with van der Waals surface area (Å²) in [7, 11) is 0. The molecule has 0 saturated heterocycles. The molecule has 0 saturated carbocycles. The van der Waals surface area contributed by atoms with Crippen LogP contribution in [0.5, 0.6) is 0 Å². The first-order valence-corrected chi connectivity index (χ1v) is 6.29. The normalized spacial score (nSPS) is 10.4. The van der Waals surface area contributed by atoms with Crippen LogP contribution in [0, 0.1) is 11.6 Å². The van der Waals surface area contributed by atoms with Gasteiger partial charge >= 0.3 is 0 Å². The summed E-state index contributed by atoms with van der Waals surface area (Å²) in [6.07, 6.45) is 1.68. The van der Waals surface area contributed by atoms with Crippen LogP contribution in [0.1, 0.15) is 11.8 Å². The van der Waals surface area contributed by atoms with Crippen LogP contribution in [0.15, 0.2) is 17.8 Å². The van der Waals surface area contributed by atoms with Crippen LogP contribution in [0.2, 0.25) is 0 Å². The number of pyridine rings is 1. The number of thiazole rings is 1. The molecule has 0 atom stereocenters. The van der Waals surface area contributed by atoms with Gasteiger partial charge in [0.15, 0.2) is 23.3 Å². The van der Waals surface area contributed by atoms with E-state index in [1.54, 1.807) is 11.7 Å². The number of rotatable bonds is 5. The van der Waals surface area contributed by atoms with Gasteiger partial charge in [0.05, 0.1) is 12.1 Å². The Labute approximate surface area is 107 Å². The topological polar surface area (TPSA) is 49.8 Å². The number of halogens is 2. The molecule has 0 amide bonds. The Morgan fingerprint density at radius 2 is 1.94 bits per heavy atom. The zero-order valence-electron chi connectivity index (χ0n) is 9.70. The zero-order chi connectivity index (χ0) is 13.0. The SMILES string of the molecule is CCNc1nc(NCc2cncs2)c(F)cc1F. The Hall–Kier alpha value is -1.76. The summed E-state index contributed by atoms with van der Waals surface area (Å²) in [6, 6.07) is 0.819. The quantitative estimate of drug-likeness (QED) is 0.877. The third kappa shape index (κ3) is 2.92. The largest absolute Gasteiger partial charge is 0.368 e. The molecule has 0 spiro atoms. The summed E-state index contributed by atoms with van der Waals surface area (Å²) in [5.74, 6) is -1.33. The number of nitrogens with one attached hydrogen (secondary N) is 2. The van der Waals surface area contributed by atoms with Crippen molar-refractivity contribution in [3.8, 4) is 0 Å². The molecule has 96 valence electrons. The van der Waals surface area contributed by atoms with Gasteiger partial charge in [0.2, 0.25) is 0 Å². The Kier molecular flexibility index (Phi) is 4.03. The Morgan fingerprint density at radius 3 is 2.56 bits per heavy atom. The summed E-state index contributed by atoms with van der Waals surface area (Å²) in [6.45, 7) is 2.74. The van der Waals surface area contributed by atoms with Gasteiger partial charge in [-0.3, -0.25) is 4.98 Å². The van der Waals surface area contributed by atoms with E-state index in [4.69, 9.17) is 0 Å². The lowest BCUT2D eigenvalue weighted by molar-refractivity contribution is 0.578. The summed E-state index contributed by atoms with van der Waals surface area (Å²) in [5, 5.41) is 5.55. The second-order valence-electron chi connectivity index (χ2n) is 3.50. The van der Waals surface area contributed by atoms with Crippen molar-refractivity contribution in [2.24, 2.45) is 0 Å². The van der Waals surface area contributed by atoms with E-state index >= 15 is 0 Å². The third-order valence-electron chi connectivity index (χ3n) is 2.19. The van der Waals surface area contributed by atoms with E-state index in [9.17, 15) is 8.78 Å². The lowest BCUT2D eigenvalue weighted by Crippen LogP contribution is -2.08. The highest BCUT2D eigenvalue weighted by atomic mass is 32.1.